The highest BCUT2D eigenvalue weighted by Gasteiger charge is 2.24. The molecule has 0 unspecified atom stereocenters. The van der Waals surface area contributed by atoms with Crippen LogP contribution in [0.2, 0.25) is 0 Å². The molecule has 1 aromatic carbocycles. The molecule has 166 valence electrons. The monoisotopic (exact) mass is 450 g/mol. The molecule has 2 aromatic heterocycles. The largest absolute Gasteiger partial charge is 0.496 e. The maximum Gasteiger partial charge on any atom is 0.227 e. The van der Waals surface area contributed by atoms with E-state index in [-0.39, 0.29) is 24.3 Å². The van der Waals surface area contributed by atoms with Gasteiger partial charge in [0, 0.05) is 48.0 Å². The highest BCUT2D eigenvalue weighted by atomic mass is 32.1. The summed E-state index contributed by atoms with van der Waals surface area (Å²) in [6.45, 7) is 1.28. The van der Waals surface area contributed by atoms with Crippen LogP contribution in [0.5, 0.6) is 5.75 Å². The number of piperidine rings is 1. The zero-order chi connectivity index (χ0) is 22.3. The molecule has 0 saturated carbocycles. The van der Waals surface area contributed by atoms with Crippen molar-refractivity contribution in [3.05, 3.63) is 65.4 Å². The molecule has 0 atom stereocenters. The highest BCUT2D eigenvalue weighted by molar-refractivity contribution is 7.13. The SMILES string of the molecule is COc1ccccc1CC(=O)N1CCC(NC(=O)Cc2csc(-c3cccnc3)n2)CC1. The van der Waals surface area contributed by atoms with Crippen molar-refractivity contribution in [2.24, 2.45) is 0 Å². The number of methoxy groups -OCH3 is 1. The molecule has 1 saturated heterocycles. The van der Waals surface area contributed by atoms with Crippen LogP contribution in [-0.2, 0) is 22.4 Å². The fourth-order valence-electron chi connectivity index (χ4n) is 3.85. The first-order valence-corrected chi connectivity index (χ1v) is 11.5. The first kappa shape index (κ1) is 22.0. The summed E-state index contributed by atoms with van der Waals surface area (Å²) in [5.74, 6) is 0.785. The van der Waals surface area contributed by atoms with E-state index in [1.165, 1.54) is 11.3 Å². The number of hydrogen-bond acceptors (Lipinski definition) is 6. The summed E-state index contributed by atoms with van der Waals surface area (Å²) in [7, 11) is 1.61. The Kier molecular flexibility index (Phi) is 7.11. The molecule has 1 aliphatic heterocycles. The second-order valence-electron chi connectivity index (χ2n) is 7.77. The number of hydrogen-bond donors (Lipinski definition) is 1. The molecule has 1 aliphatic rings. The minimum Gasteiger partial charge on any atom is -0.496 e. The standard InChI is InChI=1S/C24H26N4O3S/c1-31-21-7-3-2-5-17(21)13-23(30)28-11-8-19(9-12-28)26-22(29)14-20-16-32-24(27-20)18-6-4-10-25-15-18/h2-7,10,15-16,19H,8-9,11-14H2,1H3,(H,26,29). The third-order valence-electron chi connectivity index (χ3n) is 5.55. The van der Waals surface area contributed by atoms with Gasteiger partial charge < -0.3 is 15.0 Å². The Hall–Kier alpha value is -3.26. The number of ether oxygens (including phenoxy) is 1. The number of amides is 2. The molecule has 3 aromatic rings. The summed E-state index contributed by atoms with van der Waals surface area (Å²) < 4.78 is 5.34. The van der Waals surface area contributed by atoms with Crippen molar-refractivity contribution in [2.45, 2.75) is 31.7 Å². The van der Waals surface area contributed by atoms with Crippen LogP contribution in [0.15, 0.2) is 54.2 Å². The normalized spacial score (nSPS) is 14.2. The number of benzene rings is 1. The maximum absolute atomic E-state index is 12.7. The van der Waals surface area contributed by atoms with E-state index in [2.05, 4.69) is 15.3 Å². The second kappa shape index (κ2) is 10.4. The summed E-state index contributed by atoms with van der Waals surface area (Å²) in [4.78, 5) is 35.7. The topological polar surface area (TPSA) is 84.4 Å². The highest BCUT2D eigenvalue weighted by Crippen LogP contribution is 2.23. The van der Waals surface area contributed by atoms with Gasteiger partial charge in [0.1, 0.15) is 10.8 Å². The number of thiazole rings is 1. The molecular formula is C24H26N4O3S. The molecule has 1 N–H and O–H groups in total. The summed E-state index contributed by atoms with van der Waals surface area (Å²) in [5.41, 5.74) is 2.61. The number of aromatic nitrogens is 2. The van der Waals surface area contributed by atoms with Crippen LogP contribution in [0.1, 0.15) is 24.1 Å². The van der Waals surface area contributed by atoms with E-state index in [1.807, 2.05) is 46.7 Å². The first-order valence-electron chi connectivity index (χ1n) is 10.7. The summed E-state index contributed by atoms with van der Waals surface area (Å²) >= 11 is 1.51. The van der Waals surface area contributed by atoms with Crippen LogP contribution in [0.4, 0.5) is 0 Å². The molecule has 7 nitrogen and oxygen atoms in total. The van der Waals surface area contributed by atoms with Gasteiger partial charge in [0.25, 0.3) is 0 Å². The Morgan fingerprint density at radius 1 is 1.16 bits per heavy atom. The van der Waals surface area contributed by atoms with E-state index in [1.54, 1.807) is 19.5 Å². The fourth-order valence-corrected chi connectivity index (χ4v) is 4.66. The van der Waals surface area contributed by atoms with Crippen LogP contribution in [-0.4, -0.2) is 52.9 Å². The summed E-state index contributed by atoms with van der Waals surface area (Å²) in [6.07, 6.45) is 5.57. The maximum atomic E-state index is 12.7. The molecule has 1 fully saturated rings. The van der Waals surface area contributed by atoms with Crippen LogP contribution in [0.25, 0.3) is 10.6 Å². The number of nitrogens with one attached hydrogen (secondary N) is 1. The van der Waals surface area contributed by atoms with Crippen LogP contribution >= 0.6 is 11.3 Å². The molecular weight excluding hydrogens is 424 g/mol. The lowest BCUT2D eigenvalue weighted by Crippen LogP contribution is -2.47. The van der Waals surface area contributed by atoms with Gasteiger partial charge in [-0.1, -0.05) is 18.2 Å². The zero-order valence-corrected chi connectivity index (χ0v) is 18.8. The van der Waals surface area contributed by atoms with Gasteiger partial charge in [-0.15, -0.1) is 11.3 Å². The van der Waals surface area contributed by atoms with E-state index in [4.69, 9.17) is 4.74 Å². The number of nitrogens with zero attached hydrogens (tertiary/aromatic N) is 3. The minimum absolute atomic E-state index is 0.0353. The number of carbonyl (C=O) groups is 2. The van der Waals surface area contributed by atoms with Crippen molar-refractivity contribution in [2.75, 3.05) is 20.2 Å². The summed E-state index contributed by atoms with van der Waals surface area (Å²) in [6, 6.07) is 11.5. The van der Waals surface area contributed by atoms with Crippen molar-refractivity contribution >= 4 is 23.2 Å². The van der Waals surface area contributed by atoms with Crippen molar-refractivity contribution < 1.29 is 14.3 Å². The van der Waals surface area contributed by atoms with Crippen molar-refractivity contribution in [1.29, 1.82) is 0 Å². The third kappa shape index (κ3) is 5.50. The predicted octanol–water partition coefficient (Wildman–Crippen LogP) is 3.11. The molecule has 4 rings (SSSR count). The van der Waals surface area contributed by atoms with E-state index >= 15 is 0 Å². The van der Waals surface area contributed by atoms with Gasteiger partial charge in [0.15, 0.2) is 0 Å². The quantitative estimate of drug-likeness (QED) is 0.598. The Labute approximate surface area is 191 Å². The molecule has 3 heterocycles. The van der Waals surface area contributed by atoms with Gasteiger partial charge in [0.2, 0.25) is 11.8 Å². The Bertz CT molecular complexity index is 1060. The van der Waals surface area contributed by atoms with Crippen molar-refractivity contribution in [3.8, 4) is 16.3 Å². The van der Waals surface area contributed by atoms with Gasteiger partial charge in [-0.05, 0) is 31.0 Å². The average molecular weight is 451 g/mol. The van der Waals surface area contributed by atoms with Crippen LogP contribution < -0.4 is 10.1 Å². The molecule has 0 bridgehead atoms. The minimum atomic E-state index is -0.0353. The van der Waals surface area contributed by atoms with Gasteiger partial charge in [-0.2, -0.15) is 0 Å². The number of pyridine rings is 1. The van der Waals surface area contributed by atoms with Gasteiger partial charge >= 0.3 is 0 Å². The Balaban J connectivity index is 1.24. The number of rotatable bonds is 7. The van der Waals surface area contributed by atoms with Gasteiger partial charge in [0.05, 0.1) is 25.6 Å². The van der Waals surface area contributed by atoms with Gasteiger partial charge in [-0.3, -0.25) is 14.6 Å². The number of carbonyl (C=O) groups excluding carboxylic acids is 2. The third-order valence-corrected chi connectivity index (χ3v) is 6.49. The fraction of sp³-hybridized carbons (Fsp3) is 0.333. The van der Waals surface area contributed by atoms with E-state index < -0.39 is 0 Å². The van der Waals surface area contributed by atoms with E-state index in [9.17, 15) is 9.59 Å². The second-order valence-corrected chi connectivity index (χ2v) is 8.63. The lowest BCUT2D eigenvalue weighted by molar-refractivity contribution is -0.131. The van der Waals surface area contributed by atoms with E-state index in [0.717, 1.165) is 40.4 Å². The molecule has 0 radical (unpaired) electrons. The molecule has 0 spiro atoms. The lowest BCUT2D eigenvalue weighted by atomic mass is 10.0. The molecule has 32 heavy (non-hydrogen) atoms. The number of para-hydroxylation sites is 1. The zero-order valence-electron chi connectivity index (χ0n) is 18.0. The average Bonchev–Trinajstić information content (AvgIpc) is 3.28. The van der Waals surface area contributed by atoms with Crippen molar-refractivity contribution in [3.63, 3.8) is 0 Å². The van der Waals surface area contributed by atoms with Gasteiger partial charge in [-0.25, -0.2) is 4.98 Å². The van der Waals surface area contributed by atoms with E-state index in [0.29, 0.717) is 19.5 Å². The van der Waals surface area contributed by atoms with Crippen molar-refractivity contribution in [1.82, 2.24) is 20.2 Å². The molecule has 0 aliphatic carbocycles. The Morgan fingerprint density at radius 2 is 1.97 bits per heavy atom. The van der Waals surface area contributed by atoms with Crippen LogP contribution in [0, 0.1) is 0 Å². The molecule has 2 amide bonds. The molecule has 8 heteroatoms. The van der Waals surface area contributed by atoms with Crippen LogP contribution in [0.3, 0.4) is 0 Å². The first-order chi connectivity index (χ1) is 15.6. The predicted molar refractivity (Wildman–Crippen MR) is 123 cm³/mol. The lowest BCUT2D eigenvalue weighted by Gasteiger charge is -2.32. The smallest absolute Gasteiger partial charge is 0.227 e. The Morgan fingerprint density at radius 3 is 2.72 bits per heavy atom. The summed E-state index contributed by atoms with van der Waals surface area (Å²) in [5, 5.41) is 5.88. The number of likely N-dealkylation sites (tertiary alicyclic amines) is 1.